The molecule has 2 rings (SSSR count). The van der Waals surface area contributed by atoms with Crippen molar-refractivity contribution in [3.63, 3.8) is 0 Å². The van der Waals surface area contributed by atoms with Crippen LogP contribution in [0.4, 0.5) is 5.69 Å². The Morgan fingerprint density at radius 1 is 1.32 bits per heavy atom. The quantitative estimate of drug-likeness (QED) is 0.886. The minimum atomic E-state index is 0.0614. The number of aryl methyl sites for hydroxylation is 1. The zero-order valence-electron chi connectivity index (χ0n) is 11.3. The maximum absolute atomic E-state index is 11.9. The summed E-state index contributed by atoms with van der Waals surface area (Å²) in [4.78, 5) is 11.9. The van der Waals surface area contributed by atoms with Crippen LogP contribution in [-0.4, -0.2) is 18.5 Å². The van der Waals surface area contributed by atoms with E-state index < -0.39 is 0 Å². The van der Waals surface area contributed by atoms with Gasteiger partial charge in [-0.25, -0.2) is 0 Å². The molecule has 1 aliphatic rings. The predicted octanol–water partition coefficient (Wildman–Crippen LogP) is 3.51. The molecular weight excluding hydrogens is 260 g/mol. The van der Waals surface area contributed by atoms with Crippen molar-refractivity contribution in [1.29, 1.82) is 0 Å². The van der Waals surface area contributed by atoms with E-state index in [0.29, 0.717) is 17.6 Å². The van der Waals surface area contributed by atoms with Gasteiger partial charge in [-0.3, -0.25) is 4.79 Å². The number of hydrogen-bond donors (Lipinski definition) is 2. The Bertz CT molecular complexity index is 442. The molecule has 4 heteroatoms. The molecule has 1 saturated carbocycles. The highest BCUT2D eigenvalue weighted by Crippen LogP contribution is 2.20. The molecule has 0 saturated heterocycles. The lowest BCUT2D eigenvalue weighted by Gasteiger charge is -2.23. The molecule has 0 heterocycles. The van der Waals surface area contributed by atoms with Crippen LogP contribution in [0.25, 0.3) is 0 Å². The molecule has 19 heavy (non-hydrogen) atoms. The number of halogens is 1. The van der Waals surface area contributed by atoms with Crippen LogP contribution in [0.2, 0.25) is 5.02 Å². The standard InChI is InChI=1S/C15H21ClN2O/c1-11-7-8-12(16)9-14(11)17-10-15(19)18-13-5-3-2-4-6-13/h7-9,13,17H,2-6,10H2,1H3,(H,18,19). The van der Waals surface area contributed by atoms with Gasteiger partial charge in [-0.05, 0) is 37.5 Å². The summed E-state index contributed by atoms with van der Waals surface area (Å²) in [6, 6.07) is 6.02. The molecule has 0 aliphatic heterocycles. The highest BCUT2D eigenvalue weighted by atomic mass is 35.5. The number of anilines is 1. The number of carbonyl (C=O) groups is 1. The molecule has 3 nitrogen and oxygen atoms in total. The number of hydrogen-bond acceptors (Lipinski definition) is 2. The summed E-state index contributed by atoms with van der Waals surface area (Å²) in [6.07, 6.45) is 5.98. The molecule has 104 valence electrons. The van der Waals surface area contributed by atoms with Crippen LogP contribution in [-0.2, 0) is 4.79 Å². The summed E-state index contributed by atoms with van der Waals surface area (Å²) in [5.74, 6) is 0.0614. The van der Waals surface area contributed by atoms with Crippen molar-refractivity contribution in [3.05, 3.63) is 28.8 Å². The maximum Gasteiger partial charge on any atom is 0.239 e. The predicted molar refractivity (Wildman–Crippen MR) is 79.7 cm³/mol. The van der Waals surface area contributed by atoms with Crippen molar-refractivity contribution in [3.8, 4) is 0 Å². The second kappa shape index (κ2) is 6.80. The number of rotatable bonds is 4. The van der Waals surface area contributed by atoms with Crippen molar-refractivity contribution in [2.45, 2.75) is 45.1 Å². The van der Waals surface area contributed by atoms with E-state index in [2.05, 4.69) is 10.6 Å². The molecule has 0 spiro atoms. The summed E-state index contributed by atoms with van der Waals surface area (Å²) in [5, 5.41) is 6.92. The van der Waals surface area contributed by atoms with Crippen LogP contribution in [0.1, 0.15) is 37.7 Å². The number of nitrogens with one attached hydrogen (secondary N) is 2. The zero-order valence-corrected chi connectivity index (χ0v) is 12.1. The van der Waals surface area contributed by atoms with E-state index in [1.807, 2.05) is 25.1 Å². The molecule has 1 aromatic carbocycles. The zero-order chi connectivity index (χ0) is 13.7. The highest BCUT2D eigenvalue weighted by molar-refractivity contribution is 6.30. The van der Waals surface area contributed by atoms with Gasteiger partial charge in [0, 0.05) is 16.8 Å². The topological polar surface area (TPSA) is 41.1 Å². The fraction of sp³-hybridized carbons (Fsp3) is 0.533. The first kappa shape index (κ1) is 14.2. The molecule has 0 unspecified atom stereocenters. The first-order chi connectivity index (χ1) is 9.15. The Kier molecular flexibility index (Phi) is 5.08. The van der Waals surface area contributed by atoms with Crippen molar-refractivity contribution < 1.29 is 4.79 Å². The average molecular weight is 281 g/mol. The fourth-order valence-electron chi connectivity index (χ4n) is 2.49. The van der Waals surface area contributed by atoms with Gasteiger partial charge in [0.15, 0.2) is 0 Å². The highest BCUT2D eigenvalue weighted by Gasteiger charge is 2.15. The van der Waals surface area contributed by atoms with Crippen molar-refractivity contribution in [1.82, 2.24) is 5.32 Å². The lowest BCUT2D eigenvalue weighted by molar-refractivity contribution is -0.120. The third-order valence-electron chi connectivity index (χ3n) is 3.61. The maximum atomic E-state index is 11.9. The van der Waals surface area contributed by atoms with Crippen molar-refractivity contribution in [2.24, 2.45) is 0 Å². The summed E-state index contributed by atoms with van der Waals surface area (Å²) in [5.41, 5.74) is 2.01. The molecule has 0 bridgehead atoms. The number of amides is 1. The van der Waals surface area contributed by atoms with Crippen LogP contribution >= 0.6 is 11.6 Å². The minimum Gasteiger partial charge on any atom is -0.376 e. The van der Waals surface area contributed by atoms with Gasteiger partial charge >= 0.3 is 0 Å². The lowest BCUT2D eigenvalue weighted by Crippen LogP contribution is -2.39. The SMILES string of the molecule is Cc1ccc(Cl)cc1NCC(=O)NC1CCCCC1. The van der Waals surface area contributed by atoms with Gasteiger partial charge in [-0.2, -0.15) is 0 Å². The van der Waals surface area contributed by atoms with Crippen LogP contribution in [0.3, 0.4) is 0 Å². The lowest BCUT2D eigenvalue weighted by atomic mass is 9.95. The molecule has 1 amide bonds. The normalized spacial score (nSPS) is 16.1. The Morgan fingerprint density at radius 3 is 2.79 bits per heavy atom. The summed E-state index contributed by atoms with van der Waals surface area (Å²) < 4.78 is 0. The third kappa shape index (κ3) is 4.43. The van der Waals surface area contributed by atoms with Crippen molar-refractivity contribution >= 4 is 23.2 Å². The van der Waals surface area contributed by atoms with E-state index in [9.17, 15) is 4.79 Å². The van der Waals surface area contributed by atoms with Gasteiger partial charge in [0.25, 0.3) is 0 Å². The van der Waals surface area contributed by atoms with E-state index in [1.165, 1.54) is 19.3 Å². The molecule has 1 aromatic rings. The Morgan fingerprint density at radius 2 is 2.05 bits per heavy atom. The minimum absolute atomic E-state index is 0.0614. The van der Waals surface area contributed by atoms with Crippen LogP contribution in [0.15, 0.2) is 18.2 Å². The molecule has 0 radical (unpaired) electrons. The van der Waals surface area contributed by atoms with Gasteiger partial charge in [-0.15, -0.1) is 0 Å². The Hall–Kier alpha value is -1.22. The fourth-order valence-corrected chi connectivity index (χ4v) is 2.66. The van der Waals surface area contributed by atoms with E-state index in [0.717, 1.165) is 24.1 Å². The Labute approximate surface area is 119 Å². The van der Waals surface area contributed by atoms with Gasteiger partial charge in [-0.1, -0.05) is 36.9 Å². The van der Waals surface area contributed by atoms with Crippen LogP contribution in [0, 0.1) is 6.92 Å². The third-order valence-corrected chi connectivity index (χ3v) is 3.84. The summed E-state index contributed by atoms with van der Waals surface area (Å²) in [6.45, 7) is 2.30. The van der Waals surface area contributed by atoms with E-state index >= 15 is 0 Å². The first-order valence-corrected chi connectivity index (χ1v) is 7.32. The number of benzene rings is 1. The second-order valence-corrected chi connectivity index (χ2v) is 5.65. The van der Waals surface area contributed by atoms with Gasteiger partial charge in [0.1, 0.15) is 0 Å². The Balaban J connectivity index is 1.81. The molecule has 2 N–H and O–H groups in total. The molecular formula is C15H21ClN2O. The van der Waals surface area contributed by atoms with Crippen molar-refractivity contribution in [2.75, 3.05) is 11.9 Å². The van der Waals surface area contributed by atoms with E-state index in [1.54, 1.807) is 0 Å². The molecule has 0 aromatic heterocycles. The van der Waals surface area contributed by atoms with E-state index in [4.69, 9.17) is 11.6 Å². The summed E-state index contributed by atoms with van der Waals surface area (Å²) in [7, 11) is 0. The number of carbonyl (C=O) groups excluding carboxylic acids is 1. The van der Waals surface area contributed by atoms with Crippen LogP contribution in [0.5, 0.6) is 0 Å². The van der Waals surface area contributed by atoms with Gasteiger partial charge in [0.2, 0.25) is 5.91 Å². The summed E-state index contributed by atoms with van der Waals surface area (Å²) >= 11 is 5.95. The molecule has 1 fully saturated rings. The second-order valence-electron chi connectivity index (χ2n) is 5.22. The average Bonchev–Trinajstić information content (AvgIpc) is 2.41. The van der Waals surface area contributed by atoms with Gasteiger partial charge in [0.05, 0.1) is 6.54 Å². The smallest absolute Gasteiger partial charge is 0.239 e. The monoisotopic (exact) mass is 280 g/mol. The molecule has 0 atom stereocenters. The molecule has 1 aliphatic carbocycles. The largest absolute Gasteiger partial charge is 0.376 e. The van der Waals surface area contributed by atoms with Crippen LogP contribution < -0.4 is 10.6 Å². The van der Waals surface area contributed by atoms with E-state index in [-0.39, 0.29) is 5.91 Å². The first-order valence-electron chi connectivity index (χ1n) is 6.94. The van der Waals surface area contributed by atoms with Gasteiger partial charge < -0.3 is 10.6 Å².